The van der Waals surface area contributed by atoms with E-state index in [9.17, 15) is 4.21 Å². The number of morpholine rings is 1. The minimum Gasteiger partial charge on any atom is -0.384 e. The van der Waals surface area contributed by atoms with Crippen LogP contribution in [-0.4, -0.2) is 57.8 Å². The lowest BCUT2D eigenvalue weighted by molar-refractivity contribution is 0.0985. The van der Waals surface area contributed by atoms with E-state index in [1.807, 2.05) is 12.1 Å². The van der Waals surface area contributed by atoms with Gasteiger partial charge in [-0.25, -0.2) is 23.5 Å². The number of hydrogen-bond donors (Lipinski definition) is 1. The molecule has 2 aromatic heterocycles. The Labute approximate surface area is 165 Å². The van der Waals surface area contributed by atoms with E-state index in [1.54, 1.807) is 19.3 Å². The summed E-state index contributed by atoms with van der Waals surface area (Å²) in [6.45, 7) is 4.19. The van der Waals surface area contributed by atoms with E-state index in [0.717, 1.165) is 36.5 Å². The molecular weight excluding hydrogens is 376 g/mol. The zero-order chi connectivity index (χ0) is 19.7. The van der Waals surface area contributed by atoms with Gasteiger partial charge < -0.3 is 15.4 Å². The zero-order valence-electron chi connectivity index (χ0n) is 16.2. The molecule has 0 aromatic carbocycles. The van der Waals surface area contributed by atoms with Crippen LogP contribution in [0.4, 0.5) is 11.6 Å². The Morgan fingerprint density at radius 2 is 2.21 bits per heavy atom. The summed E-state index contributed by atoms with van der Waals surface area (Å²) >= 11 is 0. The predicted octanol–water partition coefficient (Wildman–Crippen LogP) is 2.28. The standard InChI is InChI=1S/C19H26N6O2S/c1-13-12-27-8-7-25(13)18-11-15(16-4-3-9-28(16,26)21-2)23-19(24-18)14-5-6-22-17(20)10-14/h5-6,10-11,13,16H,3-4,7-9,12H2,1-2H3,(H2,20,22)/t13-,16?,28?/m1/s1. The lowest BCUT2D eigenvalue weighted by Crippen LogP contribution is -2.44. The minimum absolute atomic E-state index is 0.173. The SMILES string of the molecule is CN=S1(=O)CCCC1c1cc(N2CCOC[C@H]2C)nc(-c2ccnc(N)c2)n1. The van der Waals surface area contributed by atoms with E-state index in [0.29, 0.717) is 30.6 Å². The van der Waals surface area contributed by atoms with Crippen molar-refractivity contribution in [3.8, 4) is 11.4 Å². The molecule has 4 rings (SSSR count). The maximum absolute atomic E-state index is 13.2. The van der Waals surface area contributed by atoms with Gasteiger partial charge in [0.25, 0.3) is 0 Å². The predicted molar refractivity (Wildman–Crippen MR) is 111 cm³/mol. The highest BCUT2D eigenvalue weighted by atomic mass is 32.2. The van der Waals surface area contributed by atoms with E-state index in [4.69, 9.17) is 20.4 Å². The largest absolute Gasteiger partial charge is 0.384 e. The molecule has 28 heavy (non-hydrogen) atoms. The van der Waals surface area contributed by atoms with Gasteiger partial charge in [-0.15, -0.1) is 0 Å². The third kappa shape index (κ3) is 3.56. The van der Waals surface area contributed by atoms with Crippen molar-refractivity contribution in [3.63, 3.8) is 0 Å². The van der Waals surface area contributed by atoms with Crippen molar-refractivity contribution >= 4 is 21.4 Å². The van der Waals surface area contributed by atoms with E-state index in [2.05, 4.69) is 21.2 Å². The number of ether oxygens (including phenoxy) is 1. The van der Waals surface area contributed by atoms with Gasteiger partial charge >= 0.3 is 0 Å². The molecule has 2 aromatic rings. The minimum atomic E-state index is -2.30. The Morgan fingerprint density at radius 3 is 2.96 bits per heavy atom. The molecule has 2 unspecified atom stereocenters. The molecule has 0 aliphatic carbocycles. The molecule has 0 spiro atoms. The van der Waals surface area contributed by atoms with Crippen molar-refractivity contribution in [1.29, 1.82) is 0 Å². The topological polar surface area (TPSA) is 107 Å². The second kappa shape index (κ2) is 7.63. The van der Waals surface area contributed by atoms with Crippen molar-refractivity contribution in [2.75, 3.05) is 43.2 Å². The maximum atomic E-state index is 13.2. The fraction of sp³-hybridized carbons (Fsp3) is 0.526. The van der Waals surface area contributed by atoms with E-state index in [-0.39, 0.29) is 11.3 Å². The van der Waals surface area contributed by atoms with Crippen LogP contribution in [0.3, 0.4) is 0 Å². The molecule has 2 saturated heterocycles. The van der Waals surface area contributed by atoms with Crippen LogP contribution in [0.15, 0.2) is 28.8 Å². The first-order valence-electron chi connectivity index (χ1n) is 9.57. The van der Waals surface area contributed by atoms with Crippen LogP contribution in [-0.2, 0) is 14.5 Å². The Hall–Kier alpha value is -2.26. The first-order chi connectivity index (χ1) is 13.5. The van der Waals surface area contributed by atoms with Crippen LogP contribution in [0.1, 0.15) is 30.7 Å². The Kier molecular flexibility index (Phi) is 5.20. The monoisotopic (exact) mass is 402 g/mol. The first kappa shape index (κ1) is 19.1. The van der Waals surface area contributed by atoms with Crippen molar-refractivity contribution in [2.24, 2.45) is 4.36 Å². The van der Waals surface area contributed by atoms with Crippen LogP contribution < -0.4 is 10.6 Å². The number of anilines is 2. The van der Waals surface area contributed by atoms with Gasteiger partial charge in [-0.05, 0) is 31.9 Å². The highest BCUT2D eigenvalue weighted by Crippen LogP contribution is 2.37. The van der Waals surface area contributed by atoms with Crippen LogP contribution in [0.2, 0.25) is 0 Å². The van der Waals surface area contributed by atoms with Crippen LogP contribution in [0, 0.1) is 0 Å². The first-order valence-corrected chi connectivity index (χ1v) is 11.3. The molecule has 4 heterocycles. The highest BCUT2D eigenvalue weighted by Gasteiger charge is 2.33. The molecule has 150 valence electrons. The molecule has 0 amide bonds. The lowest BCUT2D eigenvalue weighted by atomic mass is 10.1. The van der Waals surface area contributed by atoms with E-state index < -0.39 is 9.73 Å². The quantitative estimate of drug-likeness (QED) is 0.839. The number of aromatic nitrogens is 3. The smallest absolute Gasteiger partial charge is 0.161 e. The van der Waals surface area contributed by atoms with Gasteiger partial charge in [0.2, 0.25) is 0 Å². The molecule has 3 atom stereocenters. The van der Waals surface area contributed by atoms with Gasteiger partial charge in [-0.1, -0.05) is 0 Å². The van der Waals surface area contributed by atoms with Crippen LogP contribution >= 0.6 is 0 Å². The Bertz CT molecular complexity index is 988. The molecule has 8 nitrogen and oxygen atoms in total. The average molecular weight is 403 g/mol. The summed E-state index contributed by atoms with van der Waals surface area (Å²) in [6.07, 6.45) is 3.37. The van der Waals surface area contributed by atoms with Crippen molar-refractivity contribution in [2.45, 2.75) is 31.1 Å². The highest BCUT2D eigenvalue weighted by molar-refractivity contribution is 7.94. The summed E-state index contributed by atoms with van der Waals surface area (Å²) < 4.78 is 23.1. The van der Waals surface area contributed by atoms with E-state index >= 15 is 0 Å². The second-order valence-electron chi connectivity index (χ2n) is 7.27. The summed E-state index contributed by atoms with van der Waals surface area (Å²) in [5, 5.41) is -0.173. The van der Waals surface area contributed by atoms with Gasteiger partial charge in [0.05, 0.1) is 39.9 Å². The number of nitrogens with two attached hydrogens (primary N) is 1. The molecule has 2 fully saturated rings. The van der Waals surface area contributed by atoms with Gasteiger partial charge in [0.1, 0.15) is 11.6 Å². The van der Waals surface area contributed by atoms with E-state index in [1.165, 1.54) is 0 Å². The van der Waals surface area contributed by atoms with Crippen LogP contribution in [0.5, 0.6) is 0 Å². The van der Waals surface area contributed by atoms with Crippen molar-refractivity contribution < 1.29 is 8.95 Å². The summed E-state index contributed by atoms with van der Waals surface area (Å²) in [4.78, 5) is 15.9. The third-order valence-electron chi connectivity index (χ3n) is 5.42. The Morgan fingerprint density at radius 1 is 1.36 bits per heavy atom. The third-order valence-corrected chi connectivity index (χ3v) is 8.28. The second-order valence-corrected chi connectivity index (χ2v) is 9.99. The lowest BCUT2D eigenvalue weighted by Gasteiger charge is -2.34. The number of hydrogen-bond acceptors (Lipinski definition) is 8. The fourth-order valence-electron chi connectivity index (χ4n) is 3.91. The number of nitrogens with zero attached hydrogens (tertiary/aromatic N) is 5. The normalized spacial score (nSPS) is 27.7. The number of pyridine rings is 1. The summed E-state index contributed by atoms with van der Waals surface area (Å²) in [5.41, 5.74) is 7.46. The molecule has 2 N–H and O–H groups in total. The summed E-state index contributed by atoms with van der Waals surface area (Å²) in [6, 6.07) is 5.80. The molecule has 0 saturated carbocycles. The molecular formula is C19H26N6O2S. The van der Waals surface area contributed by atoms with Gasteiger partial charge in [-0.2, -0.15) is 0 Å². The Balaban J connectivity index is 1.85. The molecule has 9 heteroatoms. The van der Waals surface area contributed by atoms with Crippen molar-refractivity contribution in [3.05, 3.63) is 30.1 Å². The zero-order valence-corrected chi connectivity index (χ0v) is 17.1. The molecule has 2 aliphatic rings. The maximum Gasteiger partial charge on any atom is 0.161 e. The molecule has 0 bridgehead atoms. The van der Waals surface area contributed by atoms with Crippen LogP contribution in [0.25, 0.3) is 11.4 Å². The van der Waals surface area contributed by atoms with Crippen molar-refractivity contribution in [1.82, 2.24) is 15.0 Å². The summed E-state index contributed by atoms with van der Waals surface area (Å²) in [7, 11) is -0.649. The fourth-order valence-corrected chi connectivity index (χ4v) is 6.24. The van der Waals surface area contributed by atoms with Gasteiger partial charge in [-0.3, -0.25) is 0 Å². The average Bonchev–Trinajstić information content (AvgIpc) is 3.10. The molecule has 0 radical (unpaired) electrons. The summed E-state index contributed by atoms with van der Waals surface area (Å²) in [5.74, 6) is 2.45. The van der Waals surface area contributed by atoms with Gasteiger partial charge in [0.15, 0.2) is 5.82 Å². The number of rotatable bonds is 3. The molecule has 2 aliphatic heterocycles. The number of nitrogen functional groups attached to an aromatic ring is 1. The van der Waals surface area contributed by atoms with Gasteiger partial charge in [0, 0.05) is 37.2 Å².